The van der Waals surface area contributed by atoms with Gasteiger partial charge in [-0.1, -0.05) is 155 Å². The van der Waals surface area contributed by atoms with Crippen LogP contribution in [0.2, 0.25) is 0 Å². The SMILES string of the molecule is CCOC(=O)/C=C/c1cc(SCc2ccccc2)ccc1N.CCOC(=O)/C=C/c1cc(SCc2ccccc2)ccc1Nc1ccc(Br)cc1OC.COc1cc(Br)ccc1-n1c(=O)ccc2cc(S(=O)(=O)Oc3c(F)c(F)c(F)c(F)c3F)ccc21.COc1cc(Br)ccc1-n1c(=O)ccc2cc(SCc3ccccc3)ccc21.COc1cc(Br)ccc1I. The van der Waals surface area contributed by atoms with Crippen LogP contribution < -0.4 is 45.3 Å². The standard InChI is InChI=1S/C25H24BrNO3S.C23H18BrNO2S.C22H11BrF5NO5S.C18H19NO2S.C7H6BrIO/c1-3-30-25(28)14-9-19-15-21(31-17-18-7-5-4-6-8-18)11-13-22(19)27-23-12-10-20(26)16-24(23)29-2;1-27-22-14-18(24)8-10-21(22)25-20-11-9-19(13-17(20)7-12-23(25)26)28-15-16-5-3-2-4-6-16;1-33-15-9-11(23)3-5-14(15)29-13-6-4-12(8-10(13)2-7-16(29)30)35(31,32)34-22-20(27)18(25)17(24)19(26)21(22)28;1-2-21-18(20)11-8-15-12-16(9-10-17(15)19)22-13-14-6-4-3-5-7-14;1-10-7-4-5(8)2-3-6(7)9/h4-16,27H,3,17H2,1-2H3;2-14H,15H2,1H3;2-9H,1H3;3-12H,2,13,19H2,1H3;2-4H,1H3/b14-9+;;;11-8+;. The Balaban J connectivity index is 0.000000170. The molecule has 0 aliphatic heterocycles. The fourth-order valence-corrected chi connectivity index (χ4v) is 17.4. The number of methoxy groups -OCH3 is 4. The molecular weight excluding hydrogens is 2070 g/mol. The molecule has 17 nitrogen and oxygen atoms in total. The highest BCUT2D eigenvalue weighted by Crippen LogP contribution is 2.39. The van der Waals surface area contributed by atoms with Gasteiger partial charge in [-0.15, -0.1) is 35.3 Å². The van der Waals surface area contributed by atoms with Crippen LogP contribution in [-0.2, 0) is 46.4 Å². The van der Waals surface area contributed by atoms with E-state index in [-0.39, 0.29) is 28.4 Å². The van der Waals surface area contributed by atoms with Gasteiger partial charge < -0.3 is 43.7 Å². The molecule has 14 aromatic rings. The number of nitrogens with zero attached hydrogens (tertiary/aromatic N) is 2. The van der Waals surface area contributed by atoms with Crippen molar-refractivity contribution in [3.05, 3.63) is 372 Å². The lowest BCUT2D eigenvalue weighted by Crippen LogP contribution is -2.18. The van der Waals surface area contributed by atoms with Gasteiger partial charge in [0.25, 0.3) is 11.1 Å². The molecule has 2 heterocycles. The number of hydrogen-bond acceptors (Lipinski definition) is 18. The molecule has 31 heteroatoms. The quantitative estimate of drug-likeness (QED) is 0.00593. The van der Waals surface area contributed by atoms with E-state index in [0.717, 1.165) is 113 Å². The van der Waals surface area contributed by atoms with E-state index in [1.165, 1.54) is 57.5 Å². The third-order valence-corrected chi connectivity index (χ3v) is 25.2. The van der Waals surface area contributed by atoms with Crippen molar-refractivity contribution < 1.29 is 72.6 Å². The molecular formula is C95H78Br4F5IN4O13S4. The number of benzene rings is 12. The topological polar surface area (TPSA) is 215 Å². The summed E-state index contributed by atoms with van der Waals surface area (Å²) in [5.74, 6) is -9.49. The molecule has 12 aromatic carbocycles. The van der Waals surface area contributed by atoms with E-state index >= 15 is 0 Å². The molecule has 0 amide bonds. The largest absolute Gasteiger partial charge is 0.496 e. The number of rotatable bonds is 26. The average Bonchev–Trinajstić information content (AvgIpc) is 0.756. The second kappa shape index (κ2) is 47.8. The van der Waals surface area contributed by atoms with Gasteiger partial charge in [0.1, 0.15) is 27.9 Å². The molecule has 0 radical (unpaired) electrons. The average molecular weight is 2150 g/mol. The molecule has 0 saturated heterocycles. The molecule has 3 N–H and O–H groups in total. The summed E-state index contributed by atoms with van der Waals surface area (Å²) in [6.07, 6.45) is 6.33. The summed E-state index contributed by atoms with van der Waals surface area (Å²) in [6.45, 7) is 4.28. The van der Waals surface area contributed by atoms with Gasteiger partial charge in [0.15, 0.2) is 0 Å². The predicted octanol–water partition coefficient (Wildman–Crippen LogP) is 25.5. The molecule has 0 saturated carbocycles. The van der Waals surface area contributed by atoms with Crippen molar-refractivity contribution in [2.24, 2.45) is 0 Å². The van der Waals surface area contributed by atoms with Crippen molar-refractivity contribution in [1.29, 1.82) is 0 Å². The summed E-state index contributed by atoms with van der Waals surface area (Å²) in [5, 5.41) is 4.61. The van der Waals surface area contributed by atoms with Crippen LogP contribution in [0.15, 0.2) is 320 Å². The first-order valence-corrected chi connectivity index (χ1v) is 46.5. The predicted molar refractivity (Wildman–Crippen MR) is 516 cm³/mol. The second-order valence-electron chi connectivity index (χ2n) is 26.3. The lowest BCUT2D eigenvalue weighted by molar-refractivity contribution is -0.138. The number of carbonyl (C=O) groups is 2. The van der Waals surface area contributed by atoms with Gasteiger partial charge in [-0.05, 0) is 240 Å². The molecule has 126 heavy (non-hydrogen) atoms. The number of thioether (sulfide) groups is 3. The lowest BCUT2D eigenvalue weighted by atomic mass is 10.1. The number of fused-ring (bicyclic) bond motifs is 2. The minimum atomic E-state index is -5.06. The van der Waals surface area contributed by atoms with E-state index < -0.39 is 55.4 Å². The molecule has 0 atom stereocenters. The Kier molecular flexibility index (Phi) is 37.0. The highest BCUT2D eigenvalue weighted by Gasteiger charge is 2.32. The number of ether oxygens (including phenoxy) is 6. The van der Waals surface area contributed by atoms with Crippen molar-refractivity contribution in [2.75, 3.05) is 52.7 Å². The maximum Gasteiger partial charge on any atom is 0.339 e. The van der Waals surface area contributed by atoms with Gasteiger partial charge in [-0.3, -0.25) is 18.7 Å². The summed E-state index contributed by atoms with van der Waals surface area (Å²) in [7, 11) is 1.25. The normalized spacial score (nSPS) is 11.0. The first-order valence-electron chi connectivity index (χ1n) is 37.9. The van der Waals surface area contributed by atoms with Crippen molar-refractivity contribution in [1.82, 2.24) is 9.13 Å². The van der Waals surface area contributed by atoms with Crippen LogP contribution in [0.4, 0.5) is 39.0 Å². The second-order valence-corrected chi connectivity index (χ2v) is 35.8. The van der Waals surface area contributed by atoms with Gasteiger partial charge in [0.2, 0.25) is 34.8 Å². The smallest absolute Gasteiger partial charge is 0.339 e. The number of nitrogens with one attached hydrogen (secondary N) is 1. The Morgan fingerprint density at radius 1 is 0.437 bits per heavy atom. The van der Waals surface area contributed by atoms with Crippen LogP contribution in [0, 0.1) is 32.7 Å². The van der Waals surface area contributed by atoms with E-state index in [4.69, 9.17) is 34.2 Å². The summed E-state index contributed by atoms with van der Waals surface area (Å²) >= 11 is 21.1. The van der Waals surface area contributed by atoms with Crippen LogP contribution in [0.3, 0.4) is 0 Å². The fraction of sp³-hybridized carbons (Fsp3) is 0.116. The highest BCUT2D eigenvalue weighted by atomic mass is 127. The number of nitrogens with two attached hydrogens (primary N) is 1. The van der Waals surface area contributed by atoms with E-state index in [1.807, 2.05) is 133 Å². The third kappa shape index (κ3) is 27.2. The Morgan fingerprint density at radius 2 is 0.825 bits per heavy atom. The highest BCUT2D eigenvalue weighted by molar-refractivity contribution is 14.1. The first kappa shape index (κ1) is 97.6. The molecule has 0 aliphatic carbocycles. The molecule has 14 rings (SSSR count). The van der Waals surface area contributed by atoms with Crippen molar-refractivity contribution >= 4 is 195 Å². The van der Waals surface area contributed by atoms with Crippen LogP contribution in [0.1, 0.15) is 41.7 Å². The number of halogens is 10. The number of anilines is 3. The molecule has 650 valence electrons. The summed E-state index contributed by atoms with van der Waals surface area (Å²) < 4.78 is 136. The number of hydrogen-bond donors (Lipinski definition) is 2. The number of pyridine rings is 2. The monoisotopic (exact) mass is 2150 g/mol. The molecule has 2 aromatic heterocycles. The number of carbonyl (C=O) groups excluding carboxylic acids is 2. The van der Waals surface area contributed by atoms with Gasteiger partial charge in [0.05, 0.1) is 73.3 Å². The molecule has 0 unspecified atom stereocenters. The van der Waals surface area contributed by atoms with Gasteiger partial charge in [-0.25, -0.2) is 22.8 Å². The Labute approximate surface area is 784 Å². The number of esters is 2. The Bertz CT molecular complexity index is 6480. The first-order chi connectivity index (χ1) is 60.6. The summed E-state index contributed by atoms with van der Waals surface area (Å²) in [5.41, 5.74) is 15.4. The maximum atomic E-state index is 13.9. The minimum absolute atomic E-state index is 0.0854. The zero-order chi connectivity index (χ0) is 90.6. The van der Waals surface area contributed by atoms with E-state index in [0.29, 0.717) is 40.6 Å². The van der Waals surface area contributed by atoms with Gasteiger partial charge in [-0.2, -0.15) is 17.2 Å². The molecule has 0 aliphatic rings. The van der Waals surface area contributed by atoms with E-state index in [9.17, 15) is 49.5 Å². The van der Waals surface area contributed by atoms with Crippen LogP contribution in [0.25, 0.3) is 45.3 Å². The van der Waals surface area contributed by atoms with Crippen LogP contribution in [-0.4, -0.2) is 71.1 Å². The van der Waals surface area contributed by atoms with Crippen molar-refractivity contribution in [3.63, 3.8) is 0 Å². The lowest BCUT2D eigenvalue weighted by Gasteiger charge is -2.15. The van der Waals surface area contributed by atoms with Crippen LogP contribution in [0.5, 0.6) is 28.7 Å². The zero-order valence-electron chi connectivity index (χ0n) is 67.9. The van der Waals surface area contributed by atoms with Gasteiger partial charge in [0, 0.05) is 90.9 Å². The summed E-state index contributed by atoms with van der Waals surface area (Å²) in [6, 6.07) is 80.6. The Morgan fingerprint density at radius 3 is 1.29 bits per heavy atom. The molecule has 0 fully saturated rings. The summed E-state index contributed by atoms with van der Waals surface area (Å²) in [4.78, 5) is 51.3. The number of nitrogen functional groups attached to an aromatic ring is 1. The van der Waals surface area contributed by atoms with E-state index in [1.54, 1.807) is 111 Å². The minimum Gasteiger partial charge on any atom is -0.496 e. The molecule has 0 bridgehead atoms. The maximum absolute atomic E-state index is 13.9. The number of aromatic nitrogens is 2. The van der Waals surface area contributed by atoms with Crippen molar-refractivity contribution in [2.45, 2.75) is 50.7 Å². The molecule has 0 spiro atoms. The Hall–Kier alpha value is -10.6. The van der Waals surface area contributed by atoms with E-state index in [2.05, 4.69) is 169 Å². The van der Waals surface area contributed by atoms with Crippen LogP contribution >= 0.6 is 122 Å². The third-order valence-electron chi connectivity index (χ3n) is 17.9. The van der Waals surface area contributed by atoms with Crippen molar-refractivity contribution in [3.8, 4) is 40.1 Å². The van der Waals surface area contributed by atoms with Gasteiger partial charge >= 0.3 is 22.1 Å². The zero-order valence-corrected chi connectivity index (χ0v) is 79.6. The fourth-order valence-electron chi connectivity index (χ4n) is 11.8.